The Bertz CT molecular complexity index is 856. The molecule has 31 heavy (non-hydrogen) atoms. The van der Waals surface area contributed by atoms with Crippen LogP contribution in [0.25, 0.3) is 0 Å². The van der Waals surface area contributed by atoms with Crippen LogP contribution in [0, 0.1) is 5.92 Å². The molecule has 2 aromatic carbocycles. The molecule has 0 radical (unpaired) electrons. The second-order valence-electron chi connectivity index (χ2n) is 9.06. The van der Waals surface area contributed by atoms with Crippen LogP contribution in [0.3, 0.4) is 0 Å². The Hall–Kier alpha value is -1.96. The lowest BCUT2D eigenvalue weighted by molar-refractivity contribution is -0.186. The molecule has 3 aliphatic rings. The molecule has 166 valence electrons. The number of benzene rings is 2. The molecule has 5 atom stereocenters. The third kappa shape index (κ3) is 4.49. The van der Waals surface area contributed by atoms with Crippen molar-refractivity contribution in [2.45, 2.75) is 56.4 Å². The van der Waals surface area contributed by atoms with Crippen LogP contribution in [0.2, 0.25) is 0 Å². The van der Waals surface area contributed by atoms with E-state index in [0.717, 1.165) is 37.9 Å². The summed E-state index contributed by atoms with van der Waals surface area (Å²) in [6.45, 7) is 2.85. The number of aliphatic hydroxyl groups excluding tert-OH is 1. The maximum Gasteiger partial charge on any atom is 0.176 e. The van der Waals surface area contributed by atoms with Crippen LogP contribution in [0.5, 0.6) is 5.75 Å². The van der Waals surface area contributed by atoms with Gasteiger partial charge in [-0.3, -0.25) is 4.90 Å². The molecule has 6 nitrogen and oxygen atoms in total. The molecule has 5 unspecified atom stereocenters. The van der Waals surface area contributed by atoms with Gasteiger partial charge in [0.05, 0.1) is 24.8 Å². The average Bonchev–Trinajstić information content (AvgIpc) is 3.21. The predicted octanol–water partition coefficient (Wildman–Crippen LogP) is 2.29. The Morgan fingerprint density at radius 1 is 1.00 bits per heavy atom. The lowest BCUT2D eigenvalue weighted by Crippen LogP contribution is -2.65. The van der Waals surface area contributed by atoms with Crippen molar-refractivity contribution in [2.24, 2.45) is 5.92 Å². The molecule has 0 aliphatic carbocycles. The summed E-state index contributed by atoms with van der Waals surface area (Å²) in [6, 6.07) is 17.6. The van der Waals surface area contributed by atoms with Gasteiger partial charge in [-0.15, -0.1) is 0 Å². The molecule has 6 heteroatoms. The smallest absolute Gasteiger partial charge is 0.176 e. The predicted molar refractivity (Wildman–Crippen MR) is 118 cm³/mol. The second kappa shape index (κ2) is 9.27. The van der Waals surface area contributed by atoms with Gasteiger partial charge in [0, 0.05) is 12.1 Å². The first-order valence-corrected chi connectivity index (χ1v) is 11.4. The van der Waals surface area contributed by atoms with Crippen LogP contribution in [-0.2, 0) is 22.4 Å². The summed E-state index contributed by atoms with van der Waals surface area (Å²) in [5.74, 6) is 0.936. The monoisotopic (exact) mass is 424 g/mol. The van der Waals surface area contributed by atoms with Gasteiger partial charge in [-0.1, -0.05) is 48.5 Å². The summed E-state index contributed by atoms with van der Waals surface area (Å²) in [7, 11) is 0. The normalized spacial score (nSPS) is 31.7. The fourth-order valence-electron chi connectivity index (χ4n) is 5.33. The van der Waals surface area contributed by atoms with Crippen LogP contribution < -0.4 is 5.32 Å². The van der Waals surface area contributed by atoms with Crippen LogP contribution in [0.1, 0.15) is 24.0 Å². The number of ether oxygens (including phenoxy) is 2. The number of piperidine rings is 1. The van der Waals surface area contributed by atoms with Crippen molar-refractivity contribution in [3.05, 3.63) is 65.7 Å². The molecule has 0 spiro atoms. The lowest BCUT2D eigenvalue weighted by atomic mass is 9.87. The van der Waals surface area contributed by atoms with E-state index in [-0.39, 0.29) is 30.2 Å². The summed E-state index contributed by atoms with van der Waals surface area (Å²) in [5, 5.41) is 24.8. The Kier molecular flexibility index (Phi) is 6.25. The van der Waals surface area contributed by atoms with Gasteiger partial charge >= 0.3 is 0 Å². The number of phenols is 1. The first-order valence-electron chi connectivity index (χ1n) is 11.4. The minimum absolute atomic E-state index is 0.168. The van der Waals surface area contributed by atoms with E-state index in [1.54, 1.807) is 6.07 Å². The van der Waals surface area contributed by atoms with E-state index in [2.05, 4.69) is 40.5 Å². The molecule has 3 fully saturated rings. The lowest BCUT2D eigenvalue weighted by Gasteiger charge is -2.46. The van der Waals surface area contributed by atoms with Gasteiger partial charge in [0.25, 0.3) is 0 Å². The minimum atomic E-state index is -0.581. The summed E-state index contributed by atoms with van der Waals surface area (Å²) < 4.78 is 12.1. The minimum Gasteiger partial charge on any atom is -0.508 e. The highest BCUT2D eigenvalue weighted by Crippen LogP contribution is 2.34. The standard InChI is InChI=1S/C25H32N2O4/c28-20-9-5-4-8-19(20)15-26-22-21-16-30-25(31-21)23(24(22)29)27-12-10-18(11-13-27)14-17-6-2-1-3-7-17/h1-9,18,21-26,28-29H,10-16H2. The maximum atomic E-state index is 11.3. The molecule has 0 amide bonds. The van der Waals surface area contributed by atoms with E-state index in [1.165, 1.54) is 5.56 Å². The summed E-state index contributed by atoms with van der Waals surface area (Å²) >= 11 is 0. The number of hydrogen-bond acceptors (Lipinski definition) is 6. The van der Waals surface area contributed by atoms with E-state index in [4.69, 9.17) is 9.47 Å². The molecule has 3 saturated heterocycles. The fourth-order valence-corrected chi connectivity index (χ4v) is 5.33. The number of phenolic OH excluding ortho intramolecular Hbond substituents is 1. The summed E-state index contributed by atoms with van der Waals surface area (Å²) in [5.41, 5.74) is 2.21. The van der Waals surface area contributed by atoms with Crippen molar-refractivity contribution >= 4 is 0 Å². The van der Waals surface area contributed by atoms with Gasteiger partial charge in [0.2, 0.25) is 0 Å². The van der Waals surface area contributed by atoms with Crippen LogP contribution in [0.15, 0.2) is 54.6 Å². The van der Waals surface area contributed by atoms with Crippen LogP contribution in [-0.4, -0.2) is 65.4 Å². The zero-order valence-corrected chi connectivity index (χ0v) is 17.8. The molecule has 3 N–H and O–H groups in total. The summed E-state index contributed by atoms with van der Waals surface area (Å²) in [6.07, 6.45) is 2.23. The van der Waals surface area contributed by atoms with Gasteiger partial charge in [0.1, 0.15) is 11.9 Å². The third-order valence-electron chi connectivity index (χ3n) is 7.09. The van der Waals surface area contributed by atoms with E-state index in [1.807, 2.05) is 18.2 Å². The van der Waals surface area contributed by atoms with Crippen molar-refractivity contribution in [3.63, 3.8) is 0 Å². The Morgan fingerprint density at radius 3 is 2.52 bits per heavy atom. The highest BCUT2D eigenvalue weighted by Gasteiger charge is 2.52. The van der Waals surface area contributed by atoms with E-state index < -0.39 is 6.10 Å². The number of aliphatic hydroxyl groups is 1. The number of rotatable bonds is 6. The van der Waals surface area contributed by atoms with Crippen molar-refractivity contribution in [1.82, 2.24) is 10.2 Å². The molecule has 3 aliphatic heterocycles. The number of nitrogens with one attached hydrogen (secondary N) is 1. The topological polar surface area (TPSA) is 74.2 Å². The van der Waals surface area contributed by atoms with E-state index >= 15 is 0 Å². The average molecular weight is 425 g/mol. The number of nitrogens with zero attached hydrogens (tertiary/aromatic N) is 1. The first-order chi connectivity index (χ1) is 15.2. The second-order valence-corrected chi connectivity index (χ2v) is 9.06. The number of hydrogen-bond donors (Lipinski definition) is 3. The largest absolute Gasteiger partial charge is 0.508 e. The quantitative estimate of drug-likeness (QED) is 0.661. The summed E-state index contributed by atoms with van der Waals surface area (Å²) in [4.78, 5) is 2.35. The Morgan fingerprint density at radius 2 is 1.74 bits per heavy atom. The molecular weight excluding hydrogens is 392 g/mol. The molecular formula is C25H32N2O4. The van der Waals surface area contributed by atoms with Gasteiger partial charge in [-0.05, 0) is 49.9 Å². The molecule has 5 rings (SSSR count). The number of fused-ring (bicyclic) bond motifs is 2. The Labute approximate surface area is 183 Å². The fraction of sp³-hybridized carbons (Fsp3) is 0.520. The van der Waals surface area contributed by atoms with Gasteiger partial charge < -0.3 is 25.0 Å². The van der Waals surface area contributed by atoms with Crippen LogP contribution in [0.4, 0.5) is 0 Å². The van der Waals surface area contributed by atoms with E-state index in [0.29, 0.717) is 19.1 Å². The molecule has 0 saturated carbocycles. The number of aromatic hydroxyl groups is 1. The highest BCUT2D eigenvalue weighted by atomic mass is 16.7. The zero-order chi connectivity index (χ0) is 21.2. The third-order valence-corrected chi connectivity index (χ3v) is 7.09. The van der Waals surface area contributed by atoms with E-state index in [9.17, 15) is 10.2 Å². The zero-order valence-electron chi connectivity index (χ0n) is 17.8. The molecule has 0 aromatic heterocycles. The number of likely N-dealkylation sites (tertiary alicyclic amines) is 1. The Balaban J connectivity index is 1.21. The molecule has 2 bridgehead atoms. The first kappa shape index (κ1) is 20.9. The van der Waals surface area contributed by atoms with Crippen molar-refractivity contribution in [1.29, 1.82) is 0 Å². The maximum absolute atomic E-state index is 11.3. The van der Waals surface area contributed by atoms with Gasteiger partial charge in [-0.2, -0.15) is 0 Å². The highest BCUT2D eigenvalue weighted by molar-refractivity contribution is 5.31. The van der Waals surface area contributed by atoms with Crippen molar-refractivity contribution in [3.8, 4) is 5.75 Å². The van der Waals surface area contributed by atoms with Gasteiger partial charge in [-0.25, -0.2) is 0 Å². The van der Waals surface area contributed by atoms with Gasteiger partial charge in [0.15, 0.2) is 6.29 Å². The molecule has 2 aromatic rings. The number of para-hydroxylation sites is 1. The van der Waals surface area contributed by atoms with Crippen LogP contribution >= 0.6 is 0 Å². The van der Waals surface area contributed by atoms with Crippen molar-refractivity contribution in [2.75, 3.05) is 19.7 Å². The molecule has 3 heterocycles. The van der Waals surface area contributed by atoms with Crippen molar-refractivity contribution < 1.29 is 19.7 Å². The SMILES string of the molecule is Oc1ccccc1CNC1C2COC(O2)C(N2CCC(Cc3ccccc3)CC2)C1O.